The van der Waals surface area contributed by atoms with Crippen molar-refractivity contribution in [3.8, 4) is 0 Å². The van der Waals surface area contributed by atoms with Gasteiger partial charge in [-0.15, -0.1) is 5.10 Å². The molecule has 1 aromatic heterocycles. The first-order valence-corrected chi connectivity index (χ1v) is 7.58. The number of hydrogen-bond donors (Lipinski definition) is 2. The zero-order chi connectivity index (χ0) is 16.9. The van der Waals surface area contributed by atoms with Gasteiger partial charge in [-0.05, 0) is 49.4 Å². The van der Waals surface area contributed by atoms with E-state index in [1.807, 2.05) is 12.1 Å². The third-order valence-electron chi connectivity index (χ3n) is 3.20. The minimum Gasteiger partial charge on any atom is -0.339 e. The van der Waals surface area contributed by atoms with Gasteiger partial charge >= 0.3 is 0 Å². The topological polar surface area (TPSA) is 79.8 Å². The summed E-state index contributed by atoms with van der Waals surface area (Å²) < 4.78 is 0. The number of halogens is 1. The highest BCUT2D eigenvalue weighted by Crippen LogP contribution is 2.20. The molecule has 0 bridgehead atoms. The molecule has 3 rings (SSSR count). The van der Waals surface area contributed by atoms with Crippen LogP contribution in [-0.4, -0.2) is 21.0 Å². The molecular weight excluding hydrogens is 326 g/mol. The molecule has 1 heterocycles. The third-order valence-corrected chi connectivity index (χ3v) is 3.44. The lowest BCUT2D eigenvalue weighted by atomic mass is 10.1. The van der Waals surface area contributed by atoms with Crippen molar-refractivity contribution in [2.45, 2.75) is 6.92 Å². The first-order chi connectivity index (χ1) is 11.6. The lowest BCUT2D eigenvalue weighted by molar-refractivity contribution is 0.101. The lowest BCUT2D eigenvalue weighted by Crippen LogP contribution is -2.02. The van der Waals surface area contributed by atoms with E-state index in [1.54, 1.807) is 36.4 Å². The van der Waals surface area contributed by atoms with Crippen molar-refractivity contribution in [2.75, 3.05) is 10.6 Å². The molecule has 0 fully saturated rings. The molecule has 0 saturated carbocycles. The molecule has 0 spiro atoms. The number of ketones is 1. The molecule has 0 saturated heterocycles. The molecular formula is C17H14ClN5O. The van der Waals surface area contributed by atoms with Crippen LogP contribution in [0, 0.1) is 0 Å². The van der Waals surface area contributed by atoms with E-state index in [0.29, 0.717) is 22.4 Å². The predicted octanol–water partition coefficient (Wildman–Crippen LogP) is 4.21. The molecule has 0 aliphatic rings. The smallest absolute Gasteiger partial charge is 0.249 e. The molecule has 2 N–H and O–H groups in total. The van der Waals surface area contributed by atoms with E-state index in [1.165, 1.54) is 13.1 Å². The van der Waals surface area contributed by atoms with E-state index in [2.05, 4.69) is 25.8 Å². The zero-order valence-corrected chi connectivity index (χ0v) is 13.6. The number of benzene rings is 2. The van der Waals surface area contributed by atoms with Gasteiger partial charge in [0, 0.05) is 22.0 Å². The molecule has 0 atom stereocenters. The molecule has 7 heteroatoms. The number of anilines is 4. The highest BCUT2D eigenvalue weighted by atomic mass is 35.5. The van der Waals surface area contributed by atoms with Crippen LogP contribution >= 0.6 is 11.6 Å². The van der Waals surface area contributed by atoms with Crippen molar-refractivity contribution < 1.29 is 4.79 Å². The number of rotatable bonds is 5. The van der Waals surface area contributed by atoms with Crippen LogP contribution in [0.25, 0.3) is 0 Å². The normalized spacial score (nSPS) is 10.2. The highest BCUT2D eigenvalue weighted by Gasteiger charge is 2.04. The highest BCUT2D eigenvalue weighted by molar-refractivity contribution is 6.30. The van der Waals surface area contributed by atoms with E-state index >= 15 is 0 Å². The average Bonchev–Trinajstić information content (AvgIpc) is 2.56. The fourth-order valence-corrected chi connectivity index (χ4v) is 2.24. The van der Waals surface area contributed by atoms with Gasteiger partial charge in [0.2, 0.25) is 5.95 Å². The minimum atomic E-state index is 0.0205. The van der Waals surface area contributed by atoms with Gasteiger partial charge in [-0.2, -0.15) is 10.1 Å². The minimum absolute atomic E-state index is 0.0205. The molecule has 2 aromatic carbocycles. The SMILES string of the molecule is CC(=O)c1ccc(Nc2nncc(Nc3cccc(Cl)c3)n2)cc1. The van der Waals surface area contributed by atoms with Gasteiger partial charge in [0.25, 0.3) is 0 Å². The van der Waals surface area contributed by atoms with Crippen LogP contribution in [0.4, 0.5) is 23.1 Å². The summed E-state index contributed by atoms with van der Waals surface area (Å²) in [5.41, 5.74) is 2.22. The molecule has 120 valence electrons. The Labute approximate surface area is 143 Å². The number of carbonyl (C=O) groups excluding carboxylic acids is 1. The largest absolute Gasteiger partial charge is 0.339 e. The molecule has 6 nitrogen and oxygen atoms in total. The summed E-state index contributed by atoms with van der Waals surface area (Å²) in [7, 11) is 0. The molecule has 0 amide bonds. The second-order valence-electron chi connectivity index (χ2n) is 5.06. The average molecular weight is 340 g/mol. The number of carbonyl (C=O) groups is 1. The predicted molar refractivity (Wildman–Crippen MR) is 94.3 cm³/mol. The van der Waals surface area contributed by atoms with Gasteiger partial charge in [-0.3, -0.25) is 4.79 Å². The molecule has 3 aromatic rings. The number of hydrogen-bond acceptors (Lipinski definition) is 6. The number of aromatic nitrogens is 3. The summed E-state index contributed by atoms with van der Waals surface area (Å²) in [6.45, 7) is 1.53. The van der Waals surface area contributed by atoms with Crippen LogP contribution in [0.5, 0.6) is 0 Å². The molecule has 0 unspecified atom stereocenters. The third kappa shape index (κ3) is 4.05. The van der Waals surface area contributed by atoms with Crippen molar-refractivity contribution in [1.82, 2.24) is 15.2 Å². The van der Waals surface area contributed by atoms with E-state index < -0.39 is 0 Å². The maximum absolute atomic E-state index is 11.3. The summed E-state index contributed by atoms with van der Waals surface area (Å²) in [5, 5.41) is 14.7. The first-order valence-electron chi connectivity index (χ1n) is 7.20. The first kappa shape index (κ1) is 15.9. The van der Waals surface area contributed by atoms with Crippen LogP contribution < -0.4 is 10.6 Å². The monoisotopic (exact) mass is 339 g/mol. The molecule has 0 aliphatic heterocycles. The van der Waals surface area contributed by atoms with E-state index in [-0.39, 0.29) is 5.78 Å². The number of nitrogens with one attached hydrogen (secondary N) is 2. The summed E-state index contributed by atoms with van der Waals surface area (Å²) in [4.78, 5) is 15.6. The van der Waals surface area contributed by atoms with E-state index in [9.17, 15) is 4.79 Å². The Kier molecular flexibility index (Phi) is 4.67. The van der Waals surface area contributed by atoms with Gasteiger partial charge in [-0.25, -0.2) is 0 Å². The fraction of sp³-hybridized carbons (Fsp3) is 0.0588. The van der Waals surface area contributed by atoms with Crippen LogP contribution in [-0.2, 0) is 0 Å². The molecule has 0 aliphatic carbocycles. The Balaban J connectivity index is 1.74. The second kappa shape index (κ2) is 7.06. The standard InChI is InChI=1S/C17H14ClN5O/c1-11(24)12-5-7-14(8-6-12)21-17-22-16(10-19-23-17)20-15-4-2-3-13(18)9-15/h2-10H,1H3,(H2,20,21,22,23). The summed E-state index contributed by atoms with van der Waals surface area (Å²) >= 11 is 5.96. The lowest BCUT2D eigenvalue weighted by Gasteiger charge is -2.08. The second-order valence-corrected chi connectivity index (χ2v) is 5.50. The Morgan fingerprint density at radius 1 is 1.04 bits per heavy atom. The van der Waals surface area contributed by atoms with Crippen molar-refractivity contribution in [3.05, 3.63) is 65.3 Å². The van der Waals surface area contributed by atoms with Crippen molar-refractivity contribution in [1.29, 1.82) is 0 Å². The van der Waals surface area contributed by atoms with Gasteiger partial charge < -0.3 is 10.6 Å². The summed E-state index contributed by atoms with van der Waals surface area (Å²) in [5.74, 6) is 0.903. The van der Waals surface area contributed by atoms with Crippen molar-refractivity contribution >= 4 is 40.5 Å². The Hall–Kier alpha value is -2.99. The van der Waals surface area contributed by atoms with Gasteiger partial charge in [-0.1, -0.05) is 17.7 Å². The van der Waals surface area contributed by atoms with Gasteiger partial charge in [0.05, 0.1) is 6.20 Å². The van der Waals surface area contributed by atoms with Gasteiger partial charge in [0.1, 0.15) is 0 Å². The van der Waals surface area contributed by atoms with Gasteiger partial charge in [0.15, 0.2) is 11.6 Å². The van der Waals surface area contributed by atoms with Crippen LogP contribution in [0.3, 0.4) is 0 Å². The fourth-order valence-electron chi connectivity index (χ4n) is 2.05. The van der Waals surface area contributed by atoms with Crippen LogP contribution in [0.15, 0.2) is 54.7 Å². The molecule has 0 radical (unpaired) electrons. The zero-order valence-electron chi connectivity index (χ0n) is 12.8. The Morgan fingerprint density at radius 2 is 1.83 bits per heavy atom. The Bertz CT molecular complexity index is 867. The van der Waals surface area contributed by atoms with Crippen molar-refractivity contribution in [3.63, 3.8) is 0 Å². The van der Waals surface area contributed by atoms with Crippen LogP contribution in [0.2, 0.25) is 5.02 Å². The van der Waals surface area contributed by atoms with Crippen molar-refractivity contribution in [2.24, 2.45) is 0 Å². The van der Waals surface area contributed by atoms with E-state index in [4.69, 9.17) is 11.6 Å². The number of Topliss-reactive ketones (excluding diaryl/α,β-unsaturated/α-hetero) is 1. The Morgan fingerprint density at radius 3 is 2.54 bits per heavy atom. The quantitative estimate of drug-likeness (QED) is 0.678. The van der Waals surface area contributed by atoms with E-state index in [0.717, 1.165) is 11.4 Å². The maximum atomic E-state index is 11.3. The number of nitrogens with zero attached hydrogens (tertiary/aromatic N) is 3. The summed E-state index contributed by atoms with van der Waals surface area (Å²) in [6.07, 6.45) is 1.52. The maximum Gasteiger partial charge on any atom is 0.249 e. The van der Waals surface area contributed by atoms with Crippen LogP contribution in [0.1, 0.15) is 17.3 Å². The summed E-state index contributed by atoms with van der Waals surface area (Å²) in [6, 6.07) is 14.4. The molecule has 24 heavy (non-hydrogen) atoms.